The third-order valence-corrected chi connectivity index (χ3v) is 1.18. The van der Waals surface area contributed by atoms with Gasteiger partial charge in [0.1, 0.15) is 0 Å². The van der Waals surface area contributed by atoms with E-state index in [1.807, 2.05) is 0 Å². The van der Waals surface area contributed by atoms with Gasteiger partial charge in [0, 0.05) is 11.8 Å². The zero-order chi connectivity index (χ0) is 7.40. The van der Waals surface area contributed by atoms with Crippen LogP contribution in [0.5, 0.6) is 0 Å². The second kappa shape index (κ2) is 2.96. The van der Waals surface area contributed by atoms with Crippen LogP contribution < -0.4 is 5.73 Å². The number of carbonyl (C=O) groups excluding carboxylic acids is 1. The molecule has 0 aromatic heterocycles. The molecular formula is C7H8N2O. The molecule has 1 amide bonds. The Morgan fingerprint density at radius 2 is 2.40 bits per heavy atom. The molecule has 0 aliphatic carbocycles. The van der Waals surface area contributed by atoms with Crippen LogP contribution >= 0.6 is 0 Å². The molecule has 1 aliphatic heterocycles. The lowest BCUT2D eigenvalue weighted by atomic mass is 10.2. The van der Waals surface area contributed by atoms with Crippen molar-refractivity contribution in [2.45, 2.75) is 0 Å². The Bertz CT molecular complexity index is 226. The fourth-order valence-corrected chi connectivity index (χ4v) is 0.646. The van der Waals surface area contributed by atoms with E-state index in [1.165, 1.54) is 0 Å². The number of aliphatic imine (C=N–C) groups is 1. The fraction of sp³-hybridized carbons (Fsp3) is 0.143. The van der Waals surface area contributed by atoms with E-state index in [0.29, 0.717) is 12.1 Å². The lowest BCUT2D eigenvalue weighted by Gasteiger charge is -1.93. The van der Waals surface area contributed by atoms with Crippen molar-refractivity contribution in [1.82, 2.24) is 0 Å². The van der Waals surface area contributed by atoms with E-state index in [0.717, 1.165) is 0 Å². The minimum absolute atomic E-state index is 0.391. The number of hydrogen-bond donors (Lipinski definition) is 1. The summed E-state index contributed by atoms with van der Waals surface area (Å²) in [4.78, 5) is 14.4. The molecule has 3 nitrogen and oxygen atoms in total. The standard InChI is InChI=1S/C7H8N2O/c8-7(10)6-3-1-2-4-9-5-6/h1-4H,5H2,(H2,8,10). The van der Waals surface area contributed by atoms with E-state index in [2.05, 4.69) is 4.99 Å². The molecule has 0 atom stereocenters. The maximum atomic E-state index is 10.6. The summed E-state index contributed by atoms with van der Waals surface area (Å²) in [5.41, 5.74) is 5.57. The average molecular weight is 136 g/mol. The minimum Gasteiger partial charge on any atom is -0.366 e. The third-order valence-electron chi connectivity index (χ3n) is 1.18. The van der Waals surface area contributed by atoms with E-state index in [9.17, 15) is 4.79 Å². The molecule has 1 heterocycles. The Hall–Kier alpha value is -1.38. The summed E-state index contributed by atoms with van der Waals surface area (Å²) in [6.45, 7) is 0.391. The predicted molar refractivity (Wildman–Crippen MR) is 39.8 cm³/mol. The molecule has 0 saturated heterocycles. The van der Waals surface area contributed by atoms with Gasteiger partial charge in [-0.1, -0.05) is 12.2 Å². The van der Waals surface area contributed by atoms with Crippen LogP contribution in [0.2, 0.25) is 0 Å². The summed E-state index contributed by atoms with van der Waals surface area (Å²) < 4.78 is 0. The van der Waals surface area contributed by atoms with Crippen molar-refractivity contribution >= 4 is 12.1 Å². The highest BCUT2D eigenvalue weighted by Gasteiger charge is 2.01. The first-order valence-corrected chi connectivity index (χ1v) is 2.96. The monoisotopic (exact) mass is 136 g/mol. The van der Waals surface area contributed by atoms with Gasteiger partial charge in [0.25, 0.3) is 0 Å². The van der Waals surface area contributed by atoms with Crippen molar-refractivity contribution in [1.29, 1.82) is 0 Å². The van der Waals surface area contributed by atoms with E-state index in [1.54, 1.807) is 24.4 Å². The van der Waals surface area contributed by atoms with Gasteiger partial charge in [-0.15, -0.1) is 0 Å². The molecule has 3 heteroatoms. The van der Waals surface area contributed by atoms with E-state index >= 15 is 0 Å². The number of carbonyl (C=O) groups is 1. The first-order chi connectivity index (χ1) is 4.80. The van der Waals surface area contributed by atoms with Crippen molar-refractivity contribution in [3.8, 4) is 0 Å². The van der Waals surface area contributed by atoms with Crippen LogP contribution in [0, 0.1) is 0 Å². The van der Waals surface area contributed by atoms with E-state index < -0.39 is 5.91 Å². The highest BCUT2D eigenvalue weighted by Crippen LogP contribution is 1.96. The number of hydrogen-bond acceptors (Lipinski definition) is 2. The van der Waals surface area contributed by atoms with Crippen molar-refractivity contribution in [2.75, 3.05) is 6.54 Å². The lowest BCUT2D eigenvalue weighted by Crippen LogP contribution is -2.15. The number of allylic oxidation sites excluding steroid dienone is 3. The quantitative estimate of drug-likeness (QED) is 0.543. The number of nitrogens with two attached hydrogens (primary N) is 1. The number of primary amides is 1. The molecule has 0 spiro atoms. The largest absolute Gasteiger partial charge is 0.366 e. The highest BCUT2D eigenvalue weighted by molar-refractivity contribution is 5.93. The number of amides is 1. The Morgan fingerprint density at radius 3 is 3.10 bits per heavy atom. The summed E-state index contributed by atoms with van der Waals surface area (Å²) in [7, 11) is 0. The second-order valence-electron chi connectivity index (χ2n) is 1.93. The normalized spacial score (nSPS) is 16.2. The first-order valence-electron chi connectivity index (χ1n) is 2.96. The van der Waals surface area contributed by atoms with Crippen LogP contribution in [0.3, 0.4) is 0 Å². The summed E-state index contributed by atoms with van der Waals surface area (Å²) in [6, 6.07) is 0. The molecule has 1 rings (SSSR count). The Kier molecular flexibility index (Phi) is 1.99. The molecule has 0 saturated carbocycles. The van der Waals surface area contributed by atoms with Gasteiger partial charge in [-0.25, -0.2) is 0 Å². The van der Waals surface area contributed by atoms with E-state index in [4.69, 9.17) is 5.73 Å². The Labute approximate surface area is 58.9 Å². The molecule has 0 aromatic rings. The first kappa shape index (κ1) is 6.74. The van der Waals surface area contributed by atoms with Crippen molar-refractivity contribution < 1.29 is 4.79 Å². The van der Waals surface area contributed by atoms with Gasteiger partial charge in [-0.2, -0.15) is 0 Å². The van der Waals surface area contributed by atoms with Crippen molar-refractivity contribution in [3.63, 3.8) is 0 Å². The van der Waals surface area contributed by atoms with Crippen LogP contribution in [0.15, 0.2) is 28.8 Å². The molecule has 0 bridgehead atoms. The lowest BCUT2D eigenvalue weighted by molar-refractivity contribution is -0.114. The van der Waals surface area contributed by atoms with Crippen LogP contribution in [0.1, 0.15) is 0 Å². The molecule has 0 unspecified atom stereocenters. The number of rotatable bonds is 1. The van der Waals surface area contributed by atoms with Gasteiger partial charge >= 0.3 is 0 Å². The summed E-state index contributed by atoms with van der Waals surface area (Å²) in [5, 5.41) is 0. The van der Waals surface area contributed by atoms with Crippen LogP contribution in [-0.2, 0) is 4.79 Å². The summed E-state index contributed by atoms with van der Waals surface area (Å²) in [6.07, 6.45) is 6.83. The smallest absolute Gasteiger partial charge is 0.246 e. The predicted octanol–water partition coefficient (Wildman–Crippen LogP) is 0.0387. The van der Waals surface area contributed by atoms with Gasteiger partial charge in [-0.3, -0.25) is 9.79 Å². The summed E-state index contributed by atoms with van der Waals surface area (Å²) in [5.74, 6) is -0.399. The van der Waals surface area contributed by atoms with Gasteiger partial charge in [0.15, 0.2) is 0 Å². The molecule has 52 valence electrons. The SMILES string of the molecule is NC(=O)C1=CC=CC=NC1. The van der Waals surface area contributed by atoms with E-state index in [-0.39, 0.29) is 0 Å². The molecule has 0 fully saturated rings. The highest BCUT2D eigenvalue weighted by atomic mass is 16.1. The van der Waals surface area contributed by atoms with Crippen LogP contribution in [0.25, 0.3) is 0 Å². The fourth-order valence-electron chi connectivity index (χ4n) is 0.646. The Balaban J connectivity index is 2.78. The van der Waals surface area contributed by atoms with Gasteiger partial charge in [0.05, 0.1) is 6.54 Å². The maximum absolute atomic E-state index is 10.6. The molecule has 0 aromatic carbocycles. The van der Waals surface area contributed by atoms with Gasteiger partial charge < -0.3 is 5.73 Å². The second-order valence-corrected chi connectivity index (χ2v) is 1.93. The molecule has 2 N–H and O–H groups in total. The topological polar surface area (TPSA) is 55.5 Å². The van der Waals surface area contributed by atoms with Crippen LogP contribution in [0.4, 0.5) is 0 Å². The molecular weight excluding hydrogens is 128 g/mol. The van der Waals surface area contributed by atoms with Crippen LogP contribution in [-0.4, -0.2) is 18.7 Å². The zero-order valence-corrected chi connectivity index (χ0v) is 5.45. The van der Waals surface area contributed by atoms with Gasteiger partial charge in [0.2, 0.25) is 5.91 Å². The minimum atomic E-state index is -0.399. The molecule has 0 radical (unpaired) electrons. The Morgan fingerprint density at radius 1 is 1.60 bits per heavy atom. The average Bonchev–Trinajstić information content (AvgIpc) is 2.12. The van der Waals surface area contributed by atoms with Gasteiger partial charge in [-0.05, 0) is 6.08 Å². The van der Waals surface area contributed by atoms with Crippen molar-refractivity contribution in [2.24, 2.45) is 10.7 Å². The molecule has 1 aliphatic rings. The third kappa shape index (κ3) is 1.55. The molecule has 10 heavy (non-hydrogen) atoms. The zero-order valence-electron chi connectivity index (χ0n) is 5.45. The maximum Gasteiger partial charge on any atom is 0.246 e. The van der Waals surface area contributed by atoms with Crippen molar-refractivity contribution in [3.05, 3.63) is 23.8 Å². The summed E-state index contributed by atoms with van der Waals surface area (Å²) >= 11 is 0. The number of nitrogens with zero attached hydrogens (tertiary/aromatic N) is 1.